The molecule has 96 valence electrons. The molecule has 3 heteroatoms. The molecule has 1 amide bonds. The molecule has 1 N–H and O–H groups in total. The van der Waals surface area contributed by atoms with Crippen LogP contribution < -0.4 is 5.32 Å². The molecule has 2 rings (SSSR count). The largest absolute Gasteiger partial charge is 0.351 e. The number of fused-ring (bicyclic) bond motifs is 1. The molecular weight excluding hydrogens is 224 g/mol. The van der Waals surface area contributed by atoms with E-state index in [0.717, 1.165) is 30.7 Å². The van der Waals surface area contributed by atoms with Gasteiger partial charge in [-0.25, -0.2) is 0 Å². The number of allylic oxidation sites excluding steroid dienone is 5. The third-order valence-corrected chi connectivity index (χ3v) is 3.25. The van der Waals surface area contributed by atoms with E-state index in [-0.39, 0.29) is 5.91 Å². The average molecular weight is 244 g/mol. The SMILES string of the molecule is CCNC(=O)C1=C(CC)CCC=C2C=CC=CN21. The van der Waals surface area contributed by atoms with E-state index in [9.17, 15) is 4.79 Å². The van der Waals surface area contributed by atoms with E-state index in [1.54, 1.807) is 0 Å². The summed E-state index contributed by atoms with van der Waals surface area (Å²) >= 11 is 0. The molecule has 0 aromatic carbocycles. The quantitative estimate of drug-likeness (QED) is 0.828. The van der Waals surface area contributed by atoms with Crippen LogP contribution in [0.15, 0.2) is 47.5 Å². The number of rotatable bonds is 3. The van der Waals surface area contributed by atoms with Crippen molar-refractivity contribution in [1.29, 1.82) is 0 Å². The minimum Gasteiger partial charge on any atom is -0.351 e. The van der Waals surface area contributed by atoms with Crippen molar-refractivity contribution in [3.63, 3.8) is 0 Å². The molecule has 0 aromatic heterocycles. The van der Waals surface area contributed by atoms with E-state index in [0.29, 0.717) is 6.54 Å². The molecule has 0 saturated carbocycles. The molecule has 0 radical (unpaired) electrons. The fourth-order valence-electron chi connectivity index (χ4n) is 2.37. The highest BCUT2D eigenvalue weighted by atomic mass is 16.2. The van der Waals surface area contributed by atoms with Gasteiger partial charge in [-0.15, -0.1) is 0 Å². The Bertz CT molecular complexity index is 455. The Hall–Kier alpha value is -1.77. The molecule has 0 unspecified atom stereocenters. The number of amides is 1. The monoisotopic (exact) mass is 244 g/mol. The molecule has 2 heterocycles. The molecule has 0 atom stereocenters. The van der Waals surface area contributed by atoms with E-state index >= 15 is 0 Å². The van der Waals surface area contributed by atoms with E-state index in [1.807, 2.05) is 30.2 Å². The zero-order valence-electron chi connectivity index (χ0n) is 11.1. The third-order valence-electron chi connectivity index (χ3n) is 3.25. The second kappa shape index (κ2) is 5.71. The predicted molar refractivity (Wildman–Crippen MR) is 73.4 cm³/mol. The lowest BCUT2D eigenvalue weighted by molar-refractivity contribution is -0.118. The predicted octanol–water partition coefficient (Wildman–Crippen LogP) is 2.85. The minimum absolute atomic E-state index is 0.0297. The highest BCUT2D eigenvalue weighted by Crippen LogP contribution is 2.29. The summed E-state index contributed by atoms with van der Waals surface area (Å²) in [7, 11) is 0. The molecule has 0 saturated heterocycles. The number of nitrogens with one attached hydrogen (secondary N) is 1. The maximum absolute atomic E-state index is 12.3. The molecule has 0 spiro atoms. The van der Waals surface area contributed by atoms with Gasteiger partial charge in [0.2, 0.25) is 0 Å². The maximum atomic E-state index is 12.3. The van der Waals surface area contributed by atoms with Crippen molar-refractivity contribution in [2.75, 3.05) is 6.54 Å². The Morgan fingerprint density at radius 1 is 1.39 bits per heavy atom. The van der Waals surface area contributed by atoms with Crippen LogP contribution in [0.4, 0.5) is 0 Å². The van der Waals surface area contributed by atoms with Crippen LogP contribution in [-0.4, -0.2) is 17.4 Å². The molecule has 0 bridgehead atoms. The zero-order valence-corrected chi connectivity index (χ0v) is 11.1. The summed E-state index contributed by atoms with van der Waals surface area (Å²) in [6.45, 7) is 4.72. The van der Waals surface area contributed by atoms with Crippen LogP contribution in [0.25, 0.3) is 0 Å². The first-order valence-corrected chi connectivity index (χ1v) is 6.62. The minimum atomic E-state index is 0.0297. The van der Waals surface area contributed by atoms with Gasteiger partial charge in [-0.1, -0.05) is 19.1 Å². The second-order valence-electron chi connectivity index (χ2n) is 4.40. The molecule has 18 heavy (non-hydrogen) atoms. The van der Waals surface area contributed by atoms with Gasteiger partial charge in [-0.2, -0.15) is 0 Å². The number of hydrogen-bond acceptors (Lipinski definition) is 2. The smallest absolute Gasteiger partial charge is 0.268 e. The van der Waals surface area contributed by atoms with Gasteiger partial charge < -0.3 is 10.2 Å². The Kier molecular flexibility index (Phi) is 4.03. The van der Waals surface area contributed by atoms with Gasteiger partial charge in [-0.05, 0) is 43.9 Å². The molecule has 3 nitrogen and oxygen atoms in total. The number of carbonyl (C=O) groups is 1. The number of nitrogens with zero attached hydrogens (tertiary/aromatic N) is 1. The Labute approximate surface area is 109 Å². The average Bonchev–Trinajstić information content (AvgIpc) is 2.57. The summed E-state index contributed by atoms with van der Waals surface area (Å²) in [5.74, 6) is 0.0297. The van der Waals surface area contributed by atoms with Crippen molar-refractivity contribution in [2.45, 2.75) is 33.1 Å². The molecule has 2 aliphatic heterocycles. The standard InChI is InChI=1S/C15H20N2O/c1-3-12-8-7-10-13-9-5-6-11-17(13)14(12)15(18)16-4-2/h5-6,9-11H,3-4,7-8H2,1-2H3,(H,16,18). The van der Waals surface area contributed by atoms with Crippen LogP contribution in [-0.2, 0) is 4.79 Å². The van der Waals surface area contributed by atoms with Crippen molar-refractivity contribution in [1.82, 2.24) is 10.2 Å². The second-order valence-corrected chi connectivity index (χ2v) is 4.40. The van der Waals surface area contributed by atoms with Gasteiger partial charge in [-0.3, -0.25) is 4.79 Å². The molecule has 0 aromatic rings. The summed E-state index contributed by atoms with van der Waals surface area (Å²) in [6, 6.07) is 0. The van der Waals surface area contributed by atoms with Crippen molar-refractivity contribution < 1.29 is 4.79 Å². The van der Waals surface area contributed by atoms with Crippen molar-refractivity contribution in [3.8, 4) is 0 Å². The first-order chi connectivity index (χ1) is 8.77. The highest BCUT2D eigenvalue weighted by Gasteiger charge is 2.24. The molecule has 0 aliphatic carbocycles. The summed E-state index contributed by atoms with van der Waals surface area (Å²) in [6.07, 6.45) is 13.1. The van der Waals surface area contributed by atoms with Crippen LogP contribution in [0.3, 0.4) is 0 Å². The Morgan fingerprint density at radius 2 is 2.22 bits per heavy atom. The lowest BCUT2D eigenvalue weighted by Gasteiger charge is -2.26. The Balaban J connectivity index is 2.42. The van der Waals surface area contributed by atoms with E-state index in [2.05, 4.69) is 24.4 Å². The zero-order chi connectivity index (χ0) is 13.0. The van der Waals surface area contributed by atoms with Crippen molar-refractivity contribution in [2.24, 2.45) is 0 Å². The van der Waals surface area contributed by atoms with Gasteiger partial charge in [0.05, 0.1) is 0 Å². The van der Waals surface area contributed by atoms with Crippen LogP contribution in [0.1, 0.15) is 33.1 Å². The molecular formula is C15H20N2O. The van der Waals surface area contributed by atoms with E-state index in [4.69, 9.17) is 0 Å². The summed E-state index contributed by atoms with van der Waals surface area (Å²) in [5, 5.41) is 2.92. The fraction of sp³-hybridized carbons (Fsp3) is 0.400. The van der Waals surface area contributed by atoms with Gasteiger partial charge in [0.15, 0.2) is 0 Å². The highest BCUT2D eigenvalue weighted by molar-refractivity contribution is 5.94. The number of carbonyl (C=O) groups excluding carboxylic acids is 1. The van der Waals surface area contributed by atoms with E-state index < -0.39 is 0 Å². The maximum Gasteiger partial charge on any atom is 0.268 e. The summed E-state index contributed by atoms with van der Waals surface area (Å²) in [5.41, 5.74) is 3.14. The van der Waals surface area contributed by atoms with Gasteiger partial charge in [0, 0.05) is 18.4 Å². The van der Waals surface area contributed by atoms with Gasteiger partial charge in [0.25, 0.3) is 5.91 Å². The first-order valence-electron chi connectivity index (χ1n) is 6.62. The number of hydrogen-bond donors (Lipinski definition) is 1. The molecule has 0 fully saturated rings. The van der Waals surface area contributed by atoms with Crippen molar-refractivity contribution in [3.05, 3.63) is 47.5 Å². The topological polar surface area (TPSA) is 32.3 Å². The van der Waals surface area contributed by atoms with Crippen LogP contribution in [0.5, 0.6) is 0 Å². The molecule has 2 aliphatic rings. The van der Waals surface area contributed by atoms with Crippen LogP contribution in [0.2, 0.25) is 0 Å². The summed E-state index contributed by atoms with van der Waals surface area (Å²) < 4.78 is 0. The normalized spacial score (nSPS) is 18.3. The van der Waals surface area contributed by atoms with Gasteiger partial charge in [0.1, 0.15) is 5.70 Å². The lowest BCUT2D eigenvalue weighted by atomic mass is 10.0. The van der Waals surface area contributed by atoms with Crippen LogP contribution in [0, 0.1) is 0 Å². The lowest BCUT2D eigenvalue weighted by Crippen LogP contribution is -2.33. The first kappa shape index (κ1) is 12.7. The van der Waals surface area contributed by atoms with Gasteiger partial charge >= 0.3 is 0 Å². The number of likely N-dealkylation sites (N-methyl/N-ethyl adjacent to an activating group) is 1. The van der Waals surface area contributed by atoms with Crippen LogP contribution >= 0.6 is 0 Å². The Morgan fingerprint density at radius 3 is 2.94 bits per heavy atom. The van der Waals surface area contributed by atoms with E-state index in [1.165, 1.54) is 5.57 Å². The fourth-order valence-corrected chi connectivity index (χ4v) is 2.37. The third kappa shape index (κ3) is 2.40. The van der Waals surface area contributed by atoms with Crippen molar-refractivity contribution >= 4 is 5.91 Å². The summed E-state index contributed by atoms with van der Waals surface area (Å²) in [4.78, 5) is 14.3.